The summed E-state index contributed by atoms with van der Waals surface area (Å²) < 4.78 is 28.6. The highest BCUT2D eigenvalue weighted by atomic mass is 32.2. The number of hydrogen-bond acceptors (Lipinski definition) is 2. The normalized spacial score (nSPS) is 20.0. The summed E-state index contributed by atoms with van der Waals surface area (Å²) in [6.07, 6.45) is 11.9. The second-order valence-electron chi connectivity index (χ2n) is 7.86. The molecule has 2 aliphatic rings. The van der Waals surface area contributed by atoms with Gasteiger partial charge in [-0.25, -0.2) is 8.42 Å². The molecule has 0 N–H and O–H groups in total. The molecule has 1 aliphatic heterocycles. The molecule has 26 heavy (non-hydrogen) atoms. The van der Waals surface area contributed by atoms with Gasteiger partial charge in [0.1, 0.15) is 0 Å². The highest BCUT2D eigenvalue weighted by molar-refractivity contribution is 7.89. The molecule has 4 heteroatoms. The maximum atomic E-state index is 13.4. The molecule has 0 radical (unpaired) electrons. The maximum Gasteiger partial charge on any atom is 0.243 e. The number of hydrogen-bond donors (Lipinski definition) is 0. The molecule has 0 aromatic heterocycles. The summed E-state index contributed by atoms with van der Waals surface area (Å²) in [4.78, 5) is 0.536. The zero-order valence-electron chi connectivity index (χ0n) is 16.7. The van der Waals surface area contributed by atoms with Crippen LogP contribution in [0.1, 0.15) is 47.1 Å². The van der Waals surface area contributed by atoms with Crippen LogP contribution in [0.3, 0.4) is 0 Å². The van der Waals surface area contributed by atoms with Gasteiger partial charge in [-0.3, -0.25) is 0 Å². The van der Waals surface area contributed by atoms with Crippen LogP contribution in [0.4, 0.5) is 0 Å². The molecule has 1 aliphatic carbocycles. The average Bonchev–Trinajstić information content (AvgIpc) is 2.65. The maximum absolute atomic E-state index is 13.4. The summed E-state index contributed by atoms with van der Waals surface area (Å²) in [6.45, 7) is 11.3. The largest absolute Gasteiger partial charge is 0.243 e. The first-order chi connectivity index (χ1) is 12.2. The molecule has 1 fully saturated rings. The van der Waals surface area contributed by atoms with E-state index in [1.165, 1.54) is 5.56 Å². The Morgan fingerprint density at radius 1 is 0.808 bits per heavy atom. The van der Waals surface area contributed by atoms with E-state index in [2.05, 4.69) is 31.2 Å². The van der Waals surface area contributed by atoms with E-state index in [4.69, 9.17) is 0 Å². The quantitative estimate of drug-likeness (QED) is 0.716. The van der Waals surface area contributed by atoms with Gasteiger partial charge in [0.25, 0.3) is 0 Å². The van der Waals surface area contributed by atoms with E-state index in [1.54, 1.807) is 4.31 Å². The molecule has 0 spiro atoms. The molecule has 0 amide bonds. The number of benzene rings is 1. The lowest BCUT2D eigenvalue weighted by atomic mass is 9.83. The minimum atomic E-state index is -3.44. The smallest absolute Gasteiger partial charge is 0.207 e. The van der Waals surface area contributed by atoms with Crippen molar-refractivity contribution in [2.45, 2.75) is 58.8 Å². The van der Waals surface area contributed by atoms with E-state index < -0.39 is 10.0 Å². The number of allylic oxidation sites excluding steroid dienone is 4. The van der Waals surface area contributed by atoms with Crippen molar-refractivity contribution in [2.75, 3.05) is 13.1 Å². The van der Waals surface area contributed by atoms with Gasteiger partial charge >= 0.3 is 0 Å². The fraction of sp³-hybridized carbons (Fsp3) is 0.545. The van der Waals surface area contributed by atoms with Gasteiger partial charge in [0.2, 0.25) is 10.0 Å². The van der Waals surface area contributed by atoms with E-state index in [1.807, 2.05) is 27.7 Å². The van der Waals surface area contributed by atoms with Crippen LogP contribution in [0.15, 0.2) is 29.2 Å². The molecule has 3 rings (SSSR count). The summed E-state index contributed by atoms with van der Waals surface area (Å²) in [7, 11) is -3.44. The van der Waals surface area contributed by atoms with Crippen molar-refractivity contribution >= 4 is 10.0 Å². The van der Waals surface area contributed by atoms with Crippen molar-refractivity contribution in [1.82, 2.24) is 4.31 Å². The van der Waals surface area contributed by atoms with Gasteiger partial charge in [-0.2, -0.15) is 4.31 Å². The average molecular weight is 374 g/mol. The zero-order chi connectivity index (χ0) is 19.1. The van der Waals surface area contributed by atoms with Crippen molar-refractivity contribution in [3.8, 4) is 0 Å². The van der Waals surface area contributed by atoms with Crippen LogP contribution in [0.5, 0.6) is 0 Å². The molecule has 0 atom stereocenters. The predicted octanol–water partition coefficient (Wildman–Crippen LogP) is 4.76. The van der Waals surface area contributed by atoms with E-state index >= 15 is 0 Å². The van der Waals surface area contributed by atoms with E-state index in [0.717, 1.165) is 41.5 Å². The zero-order valence-corrected chi connectivity index (χ0v) is 17.5. The van der Waals surface area contributed by atoms with Crippen LogP contribution in [0.25, 0.3) is 0 Å². The van der Waals surface area contributed by atoms with Gasteiger partial charge in [0.15, 0.2) is 0 Å². The van der Waals surface area contributed by atoms with E-state index in [0.29, 0.717) is 29.8 Å². The monoisotopic (exact) mass is 373 g/mol. The lowest BCUT2D eigenvalue weighted by Gasteiger charge is -2.35. The molecule has 142 valence electrons. The topological polar surface area (TPSA) is 37.4 Å². The third kappa shape index (κ3) is 3.29. The molecule has 1 heterocycles. The first kappa shape index (κ1) is 19.4. The van der Waals surface area contributed by atoms with Crippen molar-refractivity contribution in [3.05, 3.63) is 52.1 Å². The Bertz CT molecular complexity index is 816. The molecular weight excluding hydrogens is 342 g/mol. The minimum absolute atomic E-state index is 0.473. The van der Waals surface area contributed by atoms with E-state index in [9.17, 15) is 8.42 Å². The van der Waals surface area contributed by atoms with Crippen LogP contribution in [-0.4, -0.2) is 25.8 Å². The molecular formula is C22H31NO2S. The van der Waals surface area contributed by atoms with E-state index in [-0.39, 0.29) is 0 Å². The fourth-order valence-electron chi connectivity index (χ4n) is 4.41. The molecule has 1 aromatic carbocycles. The first-order valence-electron chi connectivity index (χ1n) is 9.65. The van der Waals surface area contributed by atoms with Gasteiger partial charge in [-0.15, -0.1) is 0 Å². The molecule has 1 aromatic rings. The first-order valence-corrected chi connectivity index (χ1v) is 11.1. The Balaban J connectivity index is 1.86. The Morgan fingerprint density at radius 2 is 1.27 bits per heavy atom. The lowest BCUT2D eigenvalue weighted by Crippen LogP contribution is -2.40. The van der Waals surface area contributed by atoms with Gasteiger partial charge in [-0.05, 0) is 93.5 Å². The van der Waals surface area contributed by atoms with Gasteiger partial charge in [0.05, 0.1) is 4.90 Å². The van der Waals surface area contributed by atoms with Crippen LogP contribution in [0.2, 0.25) is 0 Å². The second kappa shape index (κ2) is 7.32. The summed E-state index contributed by atoms with van der Waals surface area (Å²) >= 11 is 0. The summed E-state index contributed by atoms with van der Waals surface area (Å²) in [5.41, 5.74) is 5.21. The lowest BCUT2D eigenvalue weighted by molar-refractivity contribution is 0.249. The van der Waals surface area contributed by atoms with Crippen molar-refractivity contribution in [2.24, 2.45) is 11.8 Å². The highest BCUT2D eigenvalue weighted by Gasteiger charge is 2.34. The van der Waals surface area contributed by atoms with Crippen LogP contribution in [0, 0.1) is 46.5 Å². The summed E-state index contributed by atoms with van der Waals surface area (Å²) in [5.74, 6) is 1.03. The van der Waals surface area contributed by atoms with Crippen molar-refractivity contribution in [1.29, 1.82) is 0 Å². The Morgan fingerprint density at radius 3 is 1.77 bits per heavy atom. The second-order valence-corrected chi connectivity index (χ2v) is 9.74. The standard InChI is InChI=1S/C22H31NO2S/c1-15-16(2)18(4)22(19(5)17(15)3)26(24,25)23-13-11-21(12-14-23)20-9-7-6-8-10-20/h7-10,20-21H,6,11-14H2,1-5H3. The minimum Gasteiger partial charge on any atom is -0.207 e. The Labute approximate surface area is 158 Å². The third-order valence-corrected chi connectivity index (χ3v) is 8.73. The van der Waals surface area contributed by atoms with Crippen LogP contribution < -0.4 is 0 Å². The highest BCUT2D eigenvalue weighted by Crippen LogP contribution is 2.35. The number of sulfonamides is 1. The van der Waals surface area contributed by atoms with Gasteiger partial charge < -0.3 is 0 Å². The van der Waals surface area contributed by atoms with Crippen molar-refractivity contribution in [3.63, 3.8) is 0 Å². The van der Waals surface area contributed by atoms with Gasteiger partial charge in [0, 0.05) is 13.1 Å². The van der Waals surface area contributed by atoms with Crippen LogP contribution in [-0.2, 0) is 10.0 Å². The van der Waals surface area contributed by atoms with Gasteiger partial charge in [-0.1, -0.05) is 24.3 Å². The Kier molecular flexibility index (Phi) is 5.45. The fourth-order valence-corrected chi connectivity index (χ4v) is 6.44. The van der Waals surface area contributed by atoms with Crippen molar-refractivity contribution < 1.29 is 8.42 Å². The summed E-state index contributed by atoms with van der Waals surface area (Å²) in [6, 6.07) is 0. The number of piperidine rings is 1. The van der Waals surface area contributed by atoms with Crippen LogP contribution >= 0.6 is 0 Å². The molecule has 3 nitrogen and oxygen atoms in total. The number of nitrogens with zero attached hydrogens (tertiary/aromatic N) is 1. The molecule has 1 saturated heterocycles. The Hall–Kier alpha value is -1.39. The predicted molar refractivity (Wildman–Crippen MR) is 108 cm³/mol. The molecule has 0 unspecified atom stereocenters. The third-order valence-electron chi connectivity index (χ3n) is 6.56. The SMILES string of the molecule is Cc1c(C)c(C)c(S(=O)(=O)N2CCC(C3C=CCC=C3)CC2)c(C)c1C. The molecule has 0 saturated carbocycles. The summed E-state index contributed by atoms with van der Waals surface area (Å²) in [5, 5.41) is 0. The number of rotatable bonds is 3. The molecule has 0 bridgehead atoms.